The van der Waals surface area contributed by atoms with E-state index in [1.165, 1.54) is 0 Å². The number of anilines is 1. The average molecular weight is 341 g/mol. The van der Waals surface area contributed by atoms with Gasteiger partial charge >= 0.3 is 0 Å². The maximum atomic E-state index is 5.49. The SMILES string of the molecule is COc1cccc(CCNc2cc(C(C)C)nn3cnnc23)c1OC. The summed E-state index contributed by atoms with van der Waals surface area (Å²) >= 11 is 0. The summed E-state index contributed by atoms with van der Waals surface area (Å²) in [5, 5.41) is 16.1. The van der Waals surface area contributed by atoms with Gasteiger partial charge in [-0.1, -0.05) is 26.0 Å². The molecule has 7 heteroatoms. The Morgan fingerprint density at radius 3 is 2.76 bits per heavy atom. The van der Waals surface area contributed by atoms with Crippen LogP contribution >= 0.6 is 0 Å². The van der Waals surface area contributed by atoms with E-state index in [-0.39, 0.29) is 0 Å². The second-order valence-electron chi connectivity index (χ2n) is 6.07. The monoisotopic (exact) mass is 341 g/mol. The first-order valence-electron chi connectivity index (χ1n) is 8.28. The molecule has 3 rings (SSSR count). The molecule has 0 unspecified atom stereocenters. The topological polar surface area (TPSA) is 73.6 Å². The number of hydrogen-bond acceptors (Lipinski definition) is 6. The highest BCUT2D eigenvalue weighted by Crippen LogP contribution is 2.31. The number of para-hydroxylation sites is 1. The molecule has 0 saturated heterocycles. The third-order valence-corrected chi connectivity index (χ3v) is 4.07. The van der Waals surface area contributed by atoms with Gasteiger partial charge in [0.05, 0.1) is 25.6 Å². The number of aromatic nitrogens is 4. The van der Waals surface area contributed by atoms with Crippen molar-refractivity contribution >= 4 is 11.3 Å². The van der Waals surface area contributed by atoms with E-state index in [1.807, 2.05) is 24.3 Å². The Balaban J connectivity index is 1.79. The summed E-state index contributed by atoms with van der Waals surface area (Å²) in [6, 6.07) is 7.95. The number of nitrogens with one attached hydrogen (secondary N) is 1. The van der Waals surface area contributed by atoms with Crippen LogP contribution in [-0.2, 0) is 6.42 Å². The Hall–Kier alpha value is -2.83. The van der Waals surface area contributed by atoms with Gasteiger partial charge in [-0.05, 0) is 30.0 Å². The quantitative estimate of drug-likeness (QED) is 0.712. The van der Waals surface area contributed by atoms with Gasteiger partial charge in [-0.25, -0.2) is 0 Å². The summed E-state index contributed by atoms with van der Waals surface area (Å²) < 4.78 is 12.6. The molecule has 0 radical (unpaired) electrons. The van der Waals surface area contributed by atoms with Crippen LogP contribution in [0, 0.1) is 0 Å². The molecule has 7 nitrogen and oxygen atoms in total. The van der Waals surface area contributed by atoms with Gasteiger partial charge in [-0.15, -0.1) is 10.2 Å². The predicted octanol–water partition coefficient (Wildman–Crippen LogP) is 2.92. The van der Waals surface area contributed by atoms with Crippen molar-refractivity contribution in [3.8, 4) is 11.5 Å². The third kappa shape index (κ3) is 3.50. The number of ether oxygens (including phenoxy) is 2. The summed E-state index contributed by atoms with van der Waals surface area (Å²) in [5.74, 6) is 1.84. The summed E-state index contributed by atoms with van der Waals surface area (Å²) in [7, 11) is 3.30. The van der Waals surface area contributed by atoms with Crippen LogP contribution in [0.5, 0.6) is 11.5 Å². The molecular formula is C18H23N5O2. The van der Waals surface area contributed by atoms with Crippen molar-refractivity contribution in [1.82, 2.24) is 19.8 Å². The number of fused-ring (bicyclic) bond motifs is 1. The number of hydrogen-bond donors (Lipinski definition) is 1. The molecule has 0 fully saturated rings. The third-order valence-electron chi connectivity index (χ3n) is 4.07. The number of nitrogens with zero attached hydrogens (tertiary/aromatic N) is 4. The first-order chi connectivity index (χ1) is 12.1. The first kappa shape index (κ1) is 17.0. The van der Waals surface area contributed by atoms with Crippen LogP contribution in [0.15, 0.2) is 30.6 Å². The largest absolute Gasteiger partial charge is 0.493 e. The van der Waals surface area contributed by atoms with E-state index in [0.29, 0.717) is 5.92 Å². The molecule has 2 heterocycles. The Morgan fingerprint density at radius 2 is 2.04 bits per heavy atom. The molecule has 0 aliphatic carbocycles. The van der Waals surface area contributed by atoms with Crippen LogP contribution in [0.3, 0.4) is 0 Å². The van der Waals surface area contributed by atoms with Gasteiger partial charge in [0, 0.05) is 6.54 Å². The van der Waals surface area contributed by atoms with Crippen molar-refractivity contribution in [2.24, 2.45) is 0 Å². The van der Waals surface area contributed by atoms with Crippen molar-refractivity contribution in [2.45, 2.75) is 26.2 Å². The zero-order valence-electron chi connectivity index (χ0n) is 15.0. The second-order valence-corrected chi connectivity index (χ2v) is 6.07. The molecule has 0 bridgehead atoms. The minimum atomic E-state index is 0.325. The smallest absolute Gasteiger partial charge is 0.200 e. The fraction of sp³-hybridized carbons (Fsp3) is 0.389. The molecule has 25 heavy (non-hydrogen) atoms. The highest BCUT2D eigenvalue weighted by molar-refractivity contribution is 5.66. The zero-order chi connectivity index (χ0) is 17.8. The molecule has 3 aromatic rings. The second kappa shape index (κ2) is 7.38. The van der Waals surface area contributed by atoms with E-state index < -0.39 is 0 Å². The lowest BCUT2D eigenvalue weighted by molar-refractivity contribution is 0.352. The minimum absolute atomic E-state index is 0.325. The highest BCUT2D eigenvalue weighted by atomic mass is 16.5. The molecule has 0 aliphatic rings. The molecule has 0 atom stereocenters. The molecule has 0 aliphatic heterocycles. The lowest BCUT2D eigenvalue weighted by Gasteiger charge is -2.14. The van der Waals surface area contributed by atoms with Gasteiger partial charge in [0.2, 0.25) is 5.65 Å². The Labute approximate surface area is 147 Å². The van der Waals surface area contributed by atoms with Crippen LogP contribution in [0.2, 0.25) is 0 Å². The van der Waals surface area contributed by atoms with Gasteiger partial charge in [-0.3, -0.25) is 0 Å². The predicted molar refractivity (Wildman–Crippen MR) is 96.6 cm³/mol. The first-order valence-corrected chi connectivity index (χ1v) is 8.28. The standard InChI is InChI=1S/C18H23N5O2/c1-12(2)14-10-15(18-21-20-11-23(18)22-14)19-9-8-13-6-5-7-16(24-3)17(13)25-4/h5-7,10-12,19H,8-9H2,1-4H3. The van der Waals surface area contributed by atoms with E-state index in [9.17, 15) is 0 Å². The van der Waals surface area contributed by atoms with Crippen LogP contribution in [-0.4, -0.2) is 40.6 Å². The van der Waals surface area contributed by atoms with E-state index in [4.69, 9.17) is 9.47 Å². The number of methoxy groups -OCH3 is 2. The summed E-state index contributed by atoms with van der Waals surface area (Å²) in [6.07, 6.45) is 2.41. The van der Waals surface area contributed by atoms with Crippen molar-refractivity contribution in [3.05, 3.63) is 41.9 Å². The average Bonchev–Trinajstić information content (AvgIpc) is 3.10. The summed E-state index contributed by atoms with van der Waals surface area (Å²) in [5.41, 5.74) is 3.74. The van der Waals surface area contributed by atoms with Crippen LogP contribution < -0.4 is 14.8 Å². The molecule has 0 amide bonds. The summed E-state index contributed by atoms with van der Waals surface area (Å²) in [4.78, 5) is 0. The molecule has 1 aromatic carbocycles. The lowest BCUT2D eigenvalue weighted by atomic mass is 10.1. The molecule has 0 saturated carbocycles. The van der Waals surface area contributed by atoms with E-state index in [0.717, 1.165) is 47.1 Å². The van der Waals surface area contributed by atoms with E-state index in [2.05, 4.69) is 34.5 Å². The Kier molecular flexibility index (Phi) is 5.02. The van der Waals surface area contributed by atoms with Gasteiger partial charge in [0.25, 0.3) is 0 Å². The van der Waals surface area contributed by atoms with Gasteiger partial charge in [0.1, 0.15) is 6.33 Å². The van der Waals surface area contributed by atoms with Crippen LogP contribution in [0.4, 0.5) is 5.69 Å². The van der Waals surface area contributed by atoms with Crippen molar-refractivity contribution in [1.29, 1.82) is 0 Å². The van der Waals surface area contributed by atoms with E-state index in [1.54, 1.807) is 25.1 Å². The summed E-state index contributed by atoms with van der Waals surface area (Å²) in [6.45, 7) is 4.96. The number of benzene rings is 1. The van der Waals surface area contributed by atoms with E-state index >= 15 is 0 Å². The molecular weight excluding hydrogens is 318 g/mol. The number of rotatable bonds is 7. The maximum absolute atomic E-state index is 5.49. The fourth-order valence-electron chi connectivity index (χ4n) is 2.74. The van der Waals surface area contributed by atoms with Gasteiger partial charge in [0.15, 0.2) is 11.5 Å². The molecule has 1 N–H and O–H groups in total. The van der Waals surface area contributed by atoms with Crippen LogP contribution in [0.1, 0.15) is 31.0 Å². The zero-order valence-corrected chi connectivity index (χ0v) is 15.0. The Morgan fingerprint density at radius 1 is 1.20 bits per heavy atom. The highest BCUT2D eigenvalue weighted by Gasteiger charge is 2.12. The van der Waals surface area contributed by atoms with Crippen molar-refractivity contribution < 1.29 is 9.47 Å². The molecule has 2 aromatic heterocycles. The lowest BCUT2D eigenvalue weighted by Crippen LogP contribution is -2.10. The van der Waals surface area contributed by atoms with Gasteiger partial charge < -0.3 is 14.8 Å². The maximum Gasteiger partial charge on any atom is 0.200 e. The van der Waals surface area contributed by atoms with Crippen molar-refractivity contribution in [3.63, 3.8) is 0 Å². The molecule has 132 valence electrons. The van der Waals surface area contributed by atoms with Gasteiger partial charge in [-0.2, -0.15) is 9.61 Å². The Bertz CT molecular complexity index is 860. The fourth-order valence-corrected chi connectivity index (χ4v) is 2.74. The minimum Gasteiger partial charge on any atom is -0.493 e. The van der Waals surface area contributed by atoms with Crippen molar-refractivity contribution in [2.75, 3.05) is 26.1 Å². The molecule has 0 spiro atoms. The normalized spacial score (nSPS) is 11.1. The van der Waals surface area contributed by atoms with Crippen LogP contribution in [0.25, 0.3) is 5.65 Å².